The van der Waals surface area contributed by atoms with Gasteiger partial charge in [-0.05, 0) is 35.9 Å². The van der Waals surface area contributed by atoms with Crippen LogP contribution in [0.5, 0.6) is 5.75 Å². The van der Waals surface area contributed by atoms with Gasteiger partial charge in [-0.1, -0.05) is 30.3 Å². The molecule has 0 amide bonds. The maximum absolute atomic E-state index is 13.1. The number of para-hydroxylation sites is 1. The first-order valence-electron chi connectivity index (χ1n) is 6.35. The minimum atomic E-state index is -0.888. The highest BCUT2D eigenvalue weighted by Gasteiger charge is 2.02. The van der Waals surface area contributed by atoms with Gasteiger partial charge in [0.2, 0.25) is 0 Å². The summed E-state index contributed by atoms with van der Waals surface area (Å²) < 4.78 is 26.0. The first-order chi connectivity index (χ1) is 10.1. The van der Waals surface area contributed by atoms with Crippen LogP contribution in [-0.2, 0) is 0 Å². The standard InChI is InChI=1S/C17H11F2NO/c18-14-9-5-11(10-15(14)19)4-7-13-8-6-12-2-1-3-16(21)17(12)20-13/h1-10,21H/b7-4+. The van der Waals surface area contributed by atoms with E-state index in [-0.39, 0.29) is 5.75 Å². The van der Waals surface area contributed by atoms with E-state index in [0.29, 0.717) is 16.8 Å². The van der Waals surface area contributed by atoms with E-state index in [1.54, 1.807) is 30.4 Å². The van der Waals surface area contributed by atoms with Crippen LogP contribution in [0.25, 0.3) is 23.1 Å². The average molecular weight is 283 g/mol. The van der Waals surface area contributed by atoms with Crippen LogP contribution in [0, 0.1) is 11.6 Å². The molecule has 0 aliphatic heterocycles. The second-order valence-corrected chi connectivity index (χ2v) is 4.59. The molecule has 0 saturated carbocycles. The highest BCUT2D eigenvalue weighted by Crippen LogP contribution is 2.23. The number of hydrogen-bond donors (Lipinski definition) is 1. The molecule has 0 saturated heterocycles. The highest BCUT2D eigenvalue weighted by atomic mass is 19.2. The summed E-state index contributed by atoms with van der Waals surface area (Å²) in [6.45, 7) is 0. The number of aromatic nitrogens is 1. The summed E-state index contributed by atoms with van der Waals surface area (Å²) in [6.07, 6.45) is 3.31. The van der Waals surface area contributed by atoms with Crippen LogP contribution >= 0.6 is 0 Å². The molecule has 2 nitrogen and oxygen atoms in total. The highest BCUT2D eigenvalue weighted by molar-refractivity contribution is 5.85. The van der Waals surface area contributed by atoms with Crippen LogP contribution < -0.4 is 0 Å². The van der Waals surface area contributed by atoms with Gasteiger partial charge in [0.25, 0.3) is 0 Å². The van der Waals surface area contributed by atoms with Crippen molar-refractivity contribution in [3.05, 3.63) is 71.4 Å². The number of phenols is 1. The lowest BCUT2D eigenvalue weighted by Gasteiger charge is -2.01. The Morgan fingerprint density at radius 3 is 2.57 bits per heavy atom. The Kier molecular flexibility index (Phi) is 3.36. The van der Waals surface area contributed by atoms with Gasteiger partial charge >= 0.3 is 0 Å². The van der Waals surface area contributed by atoms with Gasteiger partial charge in [-0.15, -0.1) is 0 Å². The molecule has 0 bridgehead atoms. The Hall–Kier alpha value is -2.75. The van der Waals surface area contributed by atoms with Gasteiger partial charge in [0.05, 0.1) is 5.69 Å². The fourth-order valence-electron chi connectivity index (χ4n) is 2.04. The van der Waals surface area contributed by atoms with Gasteiger partial charge < -0.3 is 5.11 Å². The molecule has 0 aliphatic rings. The quantitative estimate of drug-likeness (QED) is 0.756. The van der Waals surface area contributed by atoms with Crippen LogP contribution in [0.4, 0.5) is 8.78 Å². The summed E-state index contributed by atoms with van der Waals surface area (Å²) in [7, 11) is 0. The lowest BCUT2D eigenvalue weighted by molar-refractivity contribution is 0.480. The van der Waals surface area contributed by atoms with E-state index in [1.807, 2.05) is 12.1 Å². The molecule has 0 radical (unpaired) electrons. The van der Waals surface area contributed by atoms with E-state index in [1.165, 1.54) is 6.07 Å². The fraction of sp³-hybridized carbons (Fsp3) is 0. The molecule has 21 heavy (non-hydrogen) atoms. The molecule has 0 spiro atoms. The van der Waals surface area contributed by atoms with Gasteiger partial charge in [0.1, 0.15) is 11.3 Å². The molecule has 3 rings (SSSR count). The van der Waals surface area contributed by atoms with E-state index in [0.717, 1.165) is 17.5 Å². The van der Waals surface area contributed by atoms with Crippen molar-refractivity contribution >= 4 is 23.1 Å². The Labute approximate surface area is 120 Å². The van der Waals surface area contributed by atoms with E-state index < -0.39 is 11.6 Å². The second-order valence-electron chi connectivity index (χ2n) is 4.59. The zero-order valence-electron chi connectivity index (χ0n) is 10.9. The molecule has 1 heterocycles. The average Bonchev–Trinajstić information content (AvgIpc) is 2.49. The normalized spacial score (nSPS) is 11.3. The molecule has 0 fully saturated rings. The van der Waals surface area contributed by atoms with Crippen LogP contribution in [-0.4, -0.2) is 10.1 Å². The van der Waals surface area contributed by atoms with Gasteiger partial charge in [0.15, 0.2) is 11.6 Å². The van der Waals surface area contributed by atoms with Crippen LogP contribution in [0.2, 0.25) is 0 Å². The minimum Gasteiger partial charge on any atom is -0.506 e. The topological polar surface area (TPSA) is 33.1 Å². The monoisotopic (exact) mass is 283 g/mol. The molecule has 2 aromatic carbocycles. The van der Waals surface area contributed by atoms with E-state index in [2.05, 4.69) is 4.98 Å². The summed E-state index contributed by atoms with van der Waals surface area (Å²) in [5.74, 6) is -1.65. The number of rotatable bonds is 2. The molecule has 1 aromatic heterocycles. The van der Waals surface area contributed by atoms with Crippen LogP contribution in [0.3, 0.4) is 0 Å². The lowest BCUT2D eigenvalue weighted by Crippen LogP contribution is -1.85. The second kappa shape index (κ2) is 5.32. The largest absolute Gasteiger partial charge is 0.506 e. The fourth-order valence-corrected chi connectivity index (χ4v) is 2.04. The zero-order valence-corrected chi connectivity index (χ0v) is 10.9. The summed E-state index contributed by atoms with van der Waals surface area (Å²) in [5, 5.41) is 10.6. The number of halogens is 2. The number of fused-ring (bicyclic) bond motifs is 1. The van der Waals surface area contributed by atoms with Crippen molar-refractivity contribution in [1.29, 1.82) is 0 Å². The van der Waals surface area contributed by atoms with Gasteiger partial charge in [0, 0.05) is 5.39 Å². The number of phenolic OH excluding ortho intramolecular Hbond substituents is 1. The van der Waals surface area contributed by atoms with Crippen molar-refractivity contribution in [1.82, 2.24) is 4.98 Å². The van der Waals surface area contributed by atoms with Gasteiger partial charge in [-0.2, -0.15) is 0 Å². The van der Waals surface area contributed by atoms with Crippen LogP contribution in [0.15, 0.2) is 48.5 Å². The number of benzene rings is 2. The summed E-state index contributed by atoms with van der Waals surface area (Å²) >= 11 is 0. The molecule has 104 valence electrons. The minimum absolute atomic E-state index is 0.107. The third-order valence-electron chi connectivity index (χ3n) is 3.11. The van der Waals surface area contributed by atoms with Crippen LogP contribution in [0.1, 0.15) is 11.3 Å². The number of aromatic hydroxyl groups is 1. The van der Waals surface area contributed by atoms with E-state index in [4.69, 9.17) is 0 Å². The molecule has 0 unspecified atom stereocenters. The smallest absolute Gasteiger partial charge is 0.159 e. The molecule has 0 atom stereocenters. The van der Waals surface area contributed by atoms with Crippen molar-refractivity contribution in [2.45, 2.75) is 0 Å². The summed E-state index contributed by atoms with van der Waals surface area (Å²) in [4.78, 5) is 4.33. The van der Waals surface area contributed by atoms with E-state index in [9.17, 15) is 13.9 Å². The number of hydrogen-bond acceptors (Lipinski definition) is 2. The lowest BCUT2D eigenvalue weighted by atomic mass is 10.1. The first-order valence-corrected chi connectivity index (χ1v) is 6.35. The Morgan fingerprint density at radius 2 is 1.76 bits per heavy atom. The van der Waals surface area contributed by atoms with Crippen molar-refractivity contribution in [3.63, 3.8) is 0 Å². The van der Waals surface area contributed by atoms with Gasteiger partial charge in [-0.25, -0.2) is 13.8 Å². The van der Waals surface area contributed by atoms with Crippen molar-refractivity contribution in [2.75, 3.05) is 0 Å². The third-order valence-corrected chi connectivity index (χ3v) is 3.11. The number of pyridine rings is 1. The molecular formula is C17H11F2NO. The molecule has 0 aliphatic carbocycles. The maximum atomic E-state index is 13.1. The van der Waals surface area contributed by atoms with Crippen molar-refractivity contribution in [3.8, 4) is 5.75 Å². The molecule has 1 N–H and O–H groups in total. The summed E-state index contributed by atoms with van der Waals surface area (Å²) in [6, 6.07) is 12.5. The van der Waals surface area contributed by atoms with Gasteiger partial charge in [-0.3, -0.25) is 0 Å². The molecule has 3 aromatic rings. The summed E-state index contributed by atoms with van der Waals surface area (Å²) in [5.41, 5.74) is 1.66. The number of nitrogens with zero attached hydrogens (tertiary/aromatic N) is 1. The predicted octanol–water partition coefficient (Wildman–Crippen LogP) is 4.39. The van der Waals surface area contributed by atoms with Crippen molar-refractivity contribution in [2.24, 2.45) is 0 Å². The molecular weight excluding hydrogens is 272 g/mol. The Bertz CT molecular complexity index is 843. The Morgan fingerprint density at radius 1 is 0.905 bits per heavy atom. The SMILES string of the molecule is Oc1cccc2ccc(/C=C/c3ccc(F)c(F)c3)nc12. The van der Waals surface area contributed by atoms with Crippen molar-refractivity contribution < 1.29 is 13.9 Å². The Balaban J connectivity index is 1.95. The zero-order chi connectivity index (χ0) is 14.8. The third kappa shape index (κ3) is 2.74. The molecule has 4 heteroatoms. The predicted molar refractivity (Wildman–Crippen MR) is 78.7 cm³/mol. The first kappa shape index (κ1) is 13.2. The maximum Gasteiger partial charge on any atom is 0.159 e. The van der Waals surface area contributed by atoms with E-state index >= 15 is 0 Å².